The van der Waals surface area contributed by atoms with Gasteiger partial charge in [-0.3, -0.25) is 4.79 Å². The number of rotatable bonds is 12. The molecule has 108 valence electrons. The summed E-state index contributed by atoms with van der Waals surface area (Å²) in [6.07, 6.45) is 5.72. The Hall–Kier alpha value is 0.130. The van der Waals surface area contributed by atoms with Crippen molar-refractivity contribution in [1.29, 1.82) is 0 Å². The normalized spacial score (nSPS) is 12.4. The number of carbonyl (C=O) groups is 1. The summed E-state index contributed by atoms with van der Waals surface area (Å²) in [5, 5.41) is 3.28. The van der Waals surface area contributed by atoms with Crippen molar-refractivity contribution in [2.45, 2.75) is 50.7 Å². The van der Waals surface area contributed by atoms with E-state index in [0.29, 0.717) is 24.8 Å². The van der Waals surface area contributed by atoms with E-state index in [1.165, 1.54) is 0 Å². The summed E-state index contributed by atoms with van der Waals surface area (Å²) >= 11 is 8.63. The van der Waals surface area contributed by atoms with Gasteiger partial charge in [0.25, 0.3) is 0 Å². The van der Waals surface area contributed by atoms with Crippen molar-refractivity contribution >= 4 is 31.2 Å². The first kappa shape index (κ1) is 18.1. The molecule has 1 amide bonds. The standard InChI is InChI=1S/C13H27NO2S2/c1-2-9-16-10-8-14-13(15)6-4-3-5-12(18)7-11-17/h12,17-18H,2-11H2,1H3,(H,14,15). The Labute approximate surface area is 122 Å². The largest absolute Gasteiger partial charge is 0.380 e. The van der Waals surface area contributed by atoms with Crippen molar-refractivity contribution < 1.29 is 9.53 Å². The molecule has 0 heterocycles. The van der Waals surface area contributed by atoms with Crippen LogP contribution in [0.3, 0.4) is 0 Å². The predicted molar refractivity (Wildman–Crippen MR) is 83.8 cm³/mol. The minimum Gasteiger partial charge on any atom is -0.380 e. The lowest BCUT2D eigenvalue weighted by atomic mass is 10.1. The zero-order valence-corrected chi connectivity index (χ0v) is 13.1. The van der Waals surface area contributed by atoms with Gasteiger partial charge in [-0.25, -0.2) is 0 Å². The van der Waals surface area contributed by atoms with Gasteiger partial charge in [-0.2, -0.15) is 25.3 Å². The first-order valence-corrected chi connectivity index (χ1v) is 7.99. The molecule has 0 saturated carbocycles. The number of nitrogens with one attached hydrogen (secondary N) is 1. The fourth-order valence-corrected chi connectivity index (χ4v) is 2.38. The first-order valence-electron chi connectivity index (χ1n) is 6.84. The number of hydrogen-bond donors (Lipinski definition) is 3. The molecule has 0 fully saturated rings. The second kappa shape index (κ2) is 13.6. The molecule has 0 bridgehead atoms. The summed E-state index contributed by atoms with van der Waals surface area (Å²) < 4.78 is 5.29. The molecule has 0 aromatic heterocycles. The third kappa shape index (κ3) is 12.6. The lowest BCUT2D eigenvalue weighted by Gasteiger charge is -2.08. The smallest absolute Gasteiger partial charge is 0.220 e. The highest BCUT2D eigenvalue weighted by atomic mass is 32.1. The van der Waals surface area contributed by atoms with Crippen LogP contribution in [0.4, 0.5) is 0 Å². The van der Waals surface area contributed by atoms with Gasteiger partial charge in [0.15, 0.2) is 0 Å². The average Bonchev–Trinajstić information content (AvgIpc) is 2.35. The highest BCUT2D eigenvalue weighted by molar-refractivity contribution is 7.81. The third-order valence-electron chi connectivity index (χ3n) is 2.57. The Bertz CT molecular complexity index is 203. The molecule has 0 saturated heterocycles. The third-order valence-corrected chi connectivity index (χ3v) is 3.35. The number of ether oxygens (including phenoxy) is 1. The fourth-order valence-electron chi connectivity index (χ4n) is 1.56. The molecule has 0 aliphatic heterocycles. The van der Waals surface area contributed by atoms with Crippen LogP contribution in [0, 0.1) is 0 Å². The maximum Gasteiger partial charge on any atom is 0.220 e. The van der Waals surface area contributed by atoms with Crippen LogP contribution in [0.5, 0.6) is 0 Å². The van der Waals surface area contributed by atoms with Crippen LogP contribution in [-0.2, 0) is 9.53 Å². The van der Waals surface area contributed by atoms with E-state index in [4.69, 9.17) is 4.74 Å². The molecule has 18 heavy (non-hydrogen) atoms. The van der Waals surface area contributed by atoms with Crippen LogP contribution in [0.1, 0.15) is 45.4 Å². The molecule has 1 unspecified atom stereocenters. The van der Waals surface area contributed by atoms with Crippen molar-refractivity contribution in [3.05, 3.63) is 0 Å². The zero-order valence-electron chi connectivity index (χ0n) is 11.4. The number of unbranched alkanes of at least 4 members (excludes halogenated alkanes) is 1. The van der Waals surface area contributed by atoms with Crippen molar-refractivity contribution in [3.63, 3.8) is 0 Å². The molecular formula is C13H27NO2S2. The average molecular weight is 293 g/mol. The van der Waals surface area contributed by atoms with E-state index in [-0.39, 0.29) is 5.91 Å². The molecule has 5 heteroatoms. The molecular weight excluding hydrogens is 266 g/mol. The van der Waals surface area contributed by atoms with E-state index >= 15 is 0 Å². The van der Waals surface area contributed by atoms with E-state index in [1.54, 1.807) is 0 Å². The topological polar surface area (TPSA) is 38.3 Å². The monoisotopic (exact) mass is 293 g/mol. The highest BCUT2D eigenvalue weighted by Crippen LogP contribution is 2.12. The molecule has 0 aromatic rings. The molecule has 0 aliphatic rings. The summed E-state index contributed by atoms with van der Waals surface area (Å²) in [6, 6.07) is 0. The van der Waals surface area contributed by atoms with Crippen molar-refractivity contribution in [2.75, 3.05) is 25.5 Å². The van der Waals surface area contributed by atoms with Crippen LogP contribution in [0.15, 0.2) is 0 Å². The molecule has 0 radical (unpaired) electrons. The van der Waals surface area contributed by atoms with E-state index in [0.717, 1.165) is 44.5 Å². The molecule has 1 N–H and O–H groups in total. The highest BCUT2D eigenvalue weighted by Gasteiger charge is 2.04. The van der Waals surface area contributed by atoms with Gasteiger partial charge >= 0.3 is 0 Å². The van der Waals surface area contributed by atoms with Gasteiger partial charge in [-0.15, -0.1) is 0 Å². The number of thiol groups is 2. The summed E-state index contributed by atoms with van der Waals surface area (Å²) in [4.78, 5) is 11.4. The van der Waals surface area contributed by atoms with Crippen molar-refractivity contribution in [2.24, 2.45) is 0 Å². The summed E-state index contributed by atoms with van der Waals surface area (Å²) in [6.45, 7) is 4.07. The van der Waals surface area contributed by atoms with Gasteiger partial charge in [-0.05, 0) is 31.4 Å². The van der Waals surface area contributed by atoms with E-state index in [2.05, 4.69) is 37.5 Å². The lowest BCUT2D eigenvalue weighted by molar-refractivity contribution is -0.121. The SMILES string of the molecule is CCCOCCNC(=O)CCCCC(S)CCS. The van der Waals surface area contributed by atoms with Gasteiger partial charge in [0, 0.05) is 24.8 Å². The number of amides is 1. The molecule has 1 atom stereocenters. The predicted octanol–water partition coefficient (Wildman–Crippen LogP) is 2.71. The minimum absolute atomic E-state index is 0.125. The zero-order chi connectivity index (χ0) is 13.6. The molecule has 3 nitrogen and oxygen atoms in total. The molecule has 0 spiro atoms. The molecule has 0 aromatic carbocycles. The van der Waals surface area contributed by atoms with Gasteiger partial charge < -0.3 is 10.1 Å². The van der Waals surface area contributed by atoms with Gasteiger partial charge in [0.05, 0.1) is 6.61 Å². The fraction of sp³-hybridized carbons (Fsp3) is 0.923. The maximum atomic E-state index is 11.4. The van der Waals surface area contributed by atoms with Crippen molar-refractivity contribution in [3.8, 4) is 0 Å². The Kier molecular flexibility index (Phi) is 13.7. The number of hydrogen-bond acceptors (Lipinski definition) is 4. The summed E-state index contributed by atoms with van der Waals surface area (Å²) in [5.74, 6) is 1.01. The van der Waals surface area contributed by atoms with Crippen LogP contribution in [0.25, 0.3) is 0 Å². The molecule has 0 aliphatic carbocycles. The molecule has 0 rings (SSSR count). The van der Waals surface area contributed by atoms with Crippen LogP contribution in [-0.4, -0.2) is 36.7 Å². The second-order valence-electron chi connectivity index (χ2n) is 4.37. The van der Waals surface area contributed by atoms with Crippen LogP contribution < -0.4 is 5.32 Å². The van der Waals surface area contributed by atoms with E-state index in [9.17, 15) is 4.79 Å². The van der Waals surface area contributed by atoms with Crippen LogP contribution >= 0.6 is 25.3 Å². The summed E-state index contributed by atoms with van der Waals surface area (Å²) in [5.41, 5.74) is 0. The lowest BCUT2D eigenvalue weighted by Crippen LogP contribution is -2.27. The van der Waals surface area contributed by atoms with E-state index < -0.39 is 0 Å². The Morgan fingerprint density at radius 3 is 2.72 bits per heavy atom. The quantitative estimate of drug-likeness (QED) is 0.382. The van der Waals surface area contributed by atoms with E-state index in [1.807, 2.05) is 0 Å². The van der Waals surface area contributed by atoms with Crippen LogP contribution in [0.2, 0.25) is 0 Å². The Morgan fingerprint density at radius 1 is 1.28 bits per heavy atom. The van der Waals surface area contributed by atoms with Gasteiger partial charge in [-0.1, -0.05) is 13.3 Å². The maximum absolute atomic E-state index is 11.4. The first-order chi connectivity index (χ1) is 8.70. The van der Waals surface area contributed by atoms with Gasteiger partial charge in [0.1, 0.15) is 0 Å². The summed E-state index contributed by atoms with van der Waals surface area (Å²) in [7, 11) is 0. The Morgan fingerprint density at radius 2 is 2.06 bits per heavy atom. The van der Waals surface area contributed by atoms with Gasteiger partial charge in [0.2, 0.25) is 5.91 Å². The number of carbonyl (C=O) groups excluding carboxylic acids is 1. The minimum atomic E-state index is 0.125. The Balaban J connectivity index is 3.26. The van der Waals surface area contributed by atoms with Crippen molar-refractivity contribution in [1.82, 2.24) is 5.32 Å². The second-order valence-corrected chi connectivity index (χ2v) is 5.55.